The highest BCUT2D eigenvalue weighted by molar-refractivity contribution is 6.30. The average molecular weight is 359 g/mol. The maximum absolute atomic E-state index is 12.0. The van der Waals surface area contributed by atoms with Crippen LogP contribution >= 0.6 is 11.6 Å². The Morgan fingerprint density at radius 1 is 1.36 bits per heavy atom. The molecule has 8 heteroatoms. The zero-order valence-electron chi connectivity index (χ0n) is 14.0. The fraction of sp³-hybridized carbons (Fsp3) is 0.294. The Kier molecular flexibility index (Phi) is 5.14. The van der Waals surface area contributed by atoms with Crippen molar-refractivity contribution < 1.29 is 0 Å². The second kappa shape index (κ2) is 7.48. The molecule has 3 rings (SSSR count). The molecule has 0 unspecified atom stereocenters. The topological polar surface area (TPSA) is 88.5 Å². The van der Waals surface area contributed by atoms with Gasteiger partial charge in [-0.15, -0.1) is 0 Å². The normalized spacial score (nSPS) is 13.4. The first-order valence-corrected chi connectivity index (χ1v) is 8.34. The van der Waals surface area contributed by atoms with Gasteiger partial charge in [-0.05, 0) is 18.6 Å². The smallest absolute Gasteiger partial charge is 0.252 e. The highest BCUT2D eigenvalue weighted by Crippen LogP contribution is 2.18. The Morgan fingerprint density at radius 2 is 2.20 bits per heavy atom. The van der Waals surface area contributed by atoms with Crippen LogP contribution in [-0.2, 0) is 6.54 Å². The first-order valence-electron chi connectivity index (χ1n) is 7.97. The second-order valence-corrected chi connectivity index (χ2v) is 6.39. The number of nitrogens with one attached hydrogen (secondary N) is 2. The standard InChI is InChI=1S/C17H19ClN6O/c1-11(9-24-10-14(18)8-20-24)15-6-16(25)23-17(22-15)21-12(2)13-4-3-5-19-7-13/h3-8,10-12H,9H2,1-2H3,(H2,21,22,23,25)/t11-,12+/m0/s1. The van der Waals surface area contributed by atoms with Crippen molar-refractivity contribution in [3.63, 3.8) is 0 Å². The van der Waals surface area contributed by atoms with E-state index >= 15 is 0 Å². The molecule has 130 valence electrons. The number of H-pyrrole nitrogens is 1. The zero-order valence-corrected chi connectivity index (χ0v) is 14.7. The van der Waals surface area contributed by atoms with E-state index in [0.717, 1.165) is 5.56 Å². The molecule has 0 bridgehead atoms. The quantitative estimate of drug-likeness (QED) is 0.707. The molecule has 0 fully saturated rings. The molecular formula is C17H19ClN6O. The fourth-order valence-corrected chi connectivity index (χ4v) is 2.69. The first-order chi connectivity index (χ1) is 12.0. The maximum Gasteiger partial charge on any atom is 0.252 e. The fourth-order valence-electron chi connectivity index (χ4n) is 2.53. The molecule has 0 aliphatic carbocycles. The molecule has 0 aliphatic heterocycles. The molecule has 0 spiro atoms. The molecule has 0 saturated heterocycles. The molecule has 7 nitrogen and oxygen atoms in total. The summed E-state index contributed by atoms with van der Waals surface area (Å²) >= 11 is 5.89. The molecule has 0 amide bonds. The van der Waals surface area contributed by atoms with Gasteiger partial charge in [0.25, 0.3) is 5.56 Å². The summed E-state index contributed by atoms with van der Waals surface area (Å²) in [4.78, 5) is 23.4. The van der Waals surface area contributed by atoms with Crippen LogP contribution in [0, 0.1) is 0 Å². The van der Waals surface area contributed by atoms with Gasteiger partial charge in [-0.1, -0.05) is 24.6 Å². The Hall–Kier alpha value is -2.67. The van der Waals surface area contributed by atoms with E-state index in [9.17, 15) is 4.79 Å². The summed E-state index contributed by atoms with van der Waals surface area (Å²) in [5, 5.41) is 7.96. The third-order valence-corrected chi connectivity index (χ3v) is 4.06. The monoisotopic (exact) mass is 358 g/mol. The molecule has 2 N–H and O–H groups in total. The molecule has 2 atom stereocenters. The van der Waals surface area contributed by atoms with E-state index in [-0.39, 0.29) is 17.5 Å². The minimum atomic E-state index is -0.198. The molecule has 0 saturated carbocycles. The van der Waals surface area contributed by atoms with Crippen LogP contribution in [0.3, 0.4) is 0 Å². The minimum Gasteiger partial charge on any atom is -0.349 e. The molecule has 3 aromatic rings. The lowest BCUT2D eigenvalue weighted by atomic mass is 10.1. The van der Waals surface area contributed by atoms with Gasteiger partial charge in [-0.3, -0.25) is 19.4 Å². The van der Waals surface area contributed by atoms with Crippen LogP contribution in [0.5, 0.6) is 0 Å². The zero-order chi connectivity index (χ0) is 17.8. The predicted octanol–water partition coefficient (Wildman–Crippen LogP) is 2.99. The van der Waals surface area contributed by atoms with Crippen LogP contribution in [0.1, 0.15) is 37.1 Å². The van der Waals surface area contributed by atoms with Crippen molar-refractivity contribution in [3.8, 4) is 0 Å². The number of anilines is 1. The van der Waals surface area contributed by atoms with Crippen molar-refractivity contribution in [1.82, 2.24) is 24.7 Å². The van der Waals surface area contributed by atoms with E-state index < -0.39 is 0 Å². The third kappa shape index (κ3) is 4.45. The van der Waals surface area contributed by atoms with Crippen LogP contribution in [0.25, 0.3) is 0 Å². The van der Waals surface area contributed by atoms with Crippen LogP contribution in [0.2, 0.25) is 5.02 Å². The molecule has 0 aromatic carbocycles. The number of rotatable bonds is 6. The Bertz CT molecular complexity index is 891. The van der Waals surface area contributed by atoms with Gasteiger partial charge in [0.2, 0.25) is 5.95 Å². The van der Waals surface area contributed by atoms with Crippen molar-refractivity contribution >= 4 is 17.5 Å². The number of nitrogens with zero attached hydrogens (tertiary/aromatic N) is 4. The number of aromatic amines is 1. The number of aromatic nitrogens is 5. The van der Waals surface area contributed by atoms with Crippen molar-refractivity contribution in [2.24, 2.45) is 0 Å². The minimum absolute atomic E-state index is 0.00696. The Balaban J connectivity index is 1.77. The van der Waals surface area contributed by atoms with Gasteiger partial charge in [0, 0.05) is 37.1 Å². The molecular weight excluding hydrogens is 340 g/mol. The van der Waals surface area contributed by atoms with E-state index in [0.29, 0.717) is 23.2 Å². The van der Waals surface area contributed by atoms with Gasteiger partial charge in [-0.2, -0.15) is 5.10 Å². The number of hydrogen-bond acceptors (Lipinski definition) is 5. The predicted molar refractivity (Wildman–Crippen MR) is 96.8 cm³/mol. The lowest BCUT2D eigenvalue weighted by molar-refractivity contribution is 0.533. The molecule has 25 heavy (non-hydrogen) atoms. The van der Waals surface area contributed by atoms with E-state index in [1.165, 1.54) is 6.07 Å². The van der Waals surface area contributed by atoms with Gasteiger partial charge < -0.3 is 5.32 Å². The Labute approximate surface area is 150 Å². The van der Waals surface area contributed by atoms with Gasteiger partial charge in [0.05, 0.1) is 23.0 Å². The van der Waals surface area contributed by atoms with Crippen molar-refractivity contribution in [3.05, 3.63) is 69.6 Å². The lowest BCUT2D eigenvalue weighted by Crippen LogP contribution is -2.18. The summed E-state index contributed by atoms with van der Waals surface area (Å²) in [5.74, 6) is 0.441. The highest BCUT2D eigenvalue weighted by Gasteiger charge is 2.13. The average Bonchev–Trinajstić information content (AvgIpc) is 3.00. The second-order valence-electron chi connectivity index (χ2n) is 5.95. The molecule has 0 aliphatic rings. The van der Waals surface area contributed by atoms with E-state index in [4.69, 9.17) is 11.6 Å². The summed E-state index contributed by atoms with van der Waals surface area (Å²) in [6.07, 6.45) is 6.83. The summed E-state index contributed by atoms with van der Waals surface area (Å²) in [7, 11) is 0. The van der Waals surface area contributed by atoms with E-state index in [1.807, 2.05) is 26.0 Å². The van der Waals surface area contributed by atoms with Gasteiger partial charge in [-0.25, -0.2) is 4.98 Å². The number of halogens is 1. The molecule has 3 aromatic heterocycles. The summed E-state index contributed by atoms with van der Waals surface area (Å²) in [5.41, 5.74) is 1.50. The van der Waals surface area contributed by atoms with Crippen molar-refractivity contribution in [2.75, 3.05) is 5.32 Å². The highest BCUT2D eigenvalue weighted by atomic mass is 35.5. The summed E-state index contributed by atoms with van der Waals surface area (Å²) in [6, 6.07) is 5.32. The van der Waals surface area contributed by atoms with Gasteiger partial charge in [0.15, 0.2) is 0 Å². The number of hydrogen-bond donors (Lipinski definition) is 2. The first kappa shape index (κ1) is 17.2. The number of pyridine rings is 1. The SMILES string of the molecule is C[C@@H](Cn1cc(Cl)cn1)c1cc(=O)[nH]c(N[C@H](C)c2cccnc2)n1. The van der Waals surface area contributed by atoms with Gasteiger partial charge >= 0.3 is 0 Å². The van der Waals surface area contributed by atoms with Crippen LogP contribution < -0.4 is 10.9 Å². The van der Waals surface area contributed by atoms with E-state index in [1.54, 1.807) is 29.5 Å². The summed E-state index contributed by atoms with van der Waals surface area (Å²) in [6.45, 7) is 4.56. The van der Waals surface area contributed by atoms with Crippen molar-refractivity contribution in [1.29, 1.82) is 0 Å². The van der Waals surface area contributed by atoms with Gasteiger partial charge in [0.1, 0.15) is 0 Å². The van der Waals surface area contributed by atoms with Crippen LogP contribution in [0.15, 0.2) is 47.8 Å². The van der Waals surface area contributed by atoms with E-state index in [2.05, 4.69) is 25.4 Å². The molecule has 0 radical (unpaired) electrons. The van der Waals surface area contributed by atoms with Crippen LogP contribution in [-0.4, -0.2) is 24.7 Å². The Morgan fingerprint density at radius 3 is 2.88 bits per heavy atom. The largest absolute Gasteiger partial charge is 0.349 e. The maximum atomic E-state index is 12.0. The lowest BCUT2D eigenvalue weighted by Gasteiger charge is -2.16. The molecule has 3 heterocycles. The third-order valence-electron chi connectivity index (χ3n) is 3.87. The summed E-state index contributed by atoms with van der Waals surface area (Å²) < 4.78 is 1.74. The van der Waals surface area contributed by atoms with Crippen molar-refractivity contribution in [2.45, 2.75) is 32.4 Å². The van der Waals surface area contributed by atoms with Crippen LogP contribution in [0.4, 0.5) is 5.95 Å².